The third-order valence-electron chi connectivity index (χ3n) is 3.90. The molecule has 0 aromatic carbocycles. The summed E-state index contributed by atoms with van der Waals surface area (Å²) in [5.41, 5.74) is 1.15. The van der Waals surface area contributed by atoms with Gasteiger partial charge < -0.3 is 10.2 Å². The molecule has 1 aromatic rings. The van der Waals surface area contributed by atoms with Crippen molar-refractivity contribution in [2.24, 2.45) is 5.92 Å². The first-order valence-corrected chi connectivity index (χ1v) is 8.07. The quantitative estimate of drug-likeness (QED) is 0.865. The Bertz CT molecular complexity index is 407. The van der Waals surface area contributed by atoms with Gasteiger partial charge in [0.1, 0.15) is 0 Å². The van der Waals surface area contributed by atoms with Gasteiger partial charge in [-0.1, -0.05) is 13.8 Å². The van der Waals surface area contributed by atoms with Crippen molar-refractivity contribution < 1.29 is 0 Å². The highest BCUT2D eigenvalue weighted by atomic mass is 15.3. The summed E-state index contributed by atoms with van der Waals surface area (Å²) < 4.78 is 0. The van der Waals surface area contributed by atoms with Crippen molar-refractivity contribution in [1.29, 1.82) is 0 Å². The Balaban J connectivity index is 1.82. The number of piperazine rings is 1. The van der Waals surface area contributed by atoms with Gasteiger partial charge in [0, 0.05) is 56.7 Å². The third-order valence-corrected chi connectivity index (χ3v) is 3.90. The molecule has 5 nitrogen and oxygen atoms in total. The zero-order valence-corrected chi connectivity index (χ0v) is 13.8. The molecule has 1 aliphatic rings. The normalized spacial score (nSPS) is 17.0. The van der Waals surface area contributed by atoms with E-state index in [1.54, 1.807) is 0 Å². The molecule has 0 aliphatic carbocycles. The van der Waals surface area contributed by atoms with Crippen molar-refractivity contribution in [1.82, 2.24) is 20.2 Å². The minimum Gasteiger partial charge on any atom is -0.338 e. The summed E-state index contributed by atoms with van der Waals surface area (Å²) in [6.07, 6.45) is 3.90. The predicted octanol–water partition coefficient (Wildman–Crippen LogP) is 1.75. The summed E-state index contributed by atoms with van der Waals surface area (Å²) >= 11 is 0. The minimum atomic E-state index is 0.627. The fourth-order valence-corrected chi connectivity index (χ4v) is 2.55. The van der Waals surface area contributed by atoms with Crippen molar-refractivity contribution in [2.45, 2.75) is 40.3 Å². The smallest absolute Gasteiger partial charge is 0.225 e. The van der Waals surface area contributed by atoms with E-state index < -0.39 is 0 Å². The Morgan fingerprint density at radius 1 is 1.05 bits per heavy atom. The van der Waals surface area contributed by atoms with Crippen LogP contribution in [0.2, 0.25) is 0 Å². The van der Waals surface area contributed by atoms with Crippen molar-refractivity contribution in [3.05, 3.63) is 18.0 Å². The van der Waals surface area contributed by atoms with Gasteiger partial charge in [-0.15, -0.1) is 0 Å². The van der Waals surface area contributed by atoms with Crippen LogP contribution >= 0.6 is 0 Å². The average molecular weight is 291 g/mol. The molecule has 21 heavy (non-hydrogen) atoms. The van der Waals surface area contributed by atoms with Gasteiger partial charge in [-0.05, 0) is 26.3 Å². The van der Waals surface area contributed by atoms with Crippen molar-refractivity contribution >= 4 is 5.95 Å². The van der Waals surface area contributed by atoms with Gasteiger partial charge in [0.2, 0.25) is 5.95 Å². The molecule has 0 spiro atoms. The second-order valence-corrected chi connectivity index (χ2v) is 6.53. The Morgan fingerprint density at radius 3 is 2.19 bits per heavy atom. The van der Waals surface area contributed by atoms with E-state index in [0.717, 1.165) is 50.8 Å². The lowest BCUT2D eigenvalue weighted by Gasteiger charge is -2.36. The van der Waals surface area contributed by atoms with Crippen LogP contribution in [-0.2, 0) is 6.54 Å². The van der Waals surface area contributed by atoms with E-state index >= 15 is 0 Å². The first kappa shape index (κ1) is 16.2. The lowest BCUT2D eigenvalue weighted by Crippen LogP contribution is -2.49. The molecule has 1 saturated heterocycles. The molecule has 2 heterocycles. The van der Waals surface area contributed by atoms with Gasteiger partial charge in [0.25, 0.3) is 0 Å². The molecule has 0 saturated carbocycles. The molecule has 0 radical (unpaired) electrons. The van der Waals surface area contributed by atoms with Gasteiger partial charge in [-0.3, -0.25) is 4.90 Å². The average Bonchev–Trinajstić information content (AvgIpc) is 2.48. The van der Waals surface area contributed by atoms with Crippen LogP contribution in [0.4, 0.5) is 5.95 Å². The maximum Gasteiger partial charge on any atom is 0.225 e. The van der Waals surface area contributed by atoms with Crippen LogP contribution < -0.4 is 10.2 Å². The Labute approximate surface area is 128 Å². The highest BCUT2D eigenvalue weighted by Crippen LogP contribution is 2.12. The largest absolute Gasteiger partial charge is 0.338 e. The highest BCUT2D eigenvalue weighted by Gasteiger charge is 2.20. The second-order valence-electron chi connectivity index (χ2n) is 6.53. The Morgan fingerprint density at radius 2 is 1.67 bits per heavy atom. The van der Waals surface area contributed by atoms with Crippen LogP contribution in [-0.4, -0.2) is 53.6 Å². The molecule has 1 aliphatic heterocycles. The number of hydrogen-bond acceptors (Lipinski definition) is 5. The predicted molar refractivity (Wildman–Crippen MR) is 87.5 cm³/mol. The monoisotopic (exact) mass is 291 g/mol. The van der Waals surface area contributed by atoms with Crippen LogP contribution in [0.25, 0.3) is 0 Å². The van der Waals surface area contributed by atoms with E-state index in [4.69, 9.17) is 0 Å². The molecule has 5 heteroatoms. The van der Waals surface area contributed by atoms with Crippen molar-refractivity contribution in [2.75, 3.05) is 37.6 Å². The molecule has 118 valence electrons. The number of nitrogens with one attached hydrogen (secondary N) is 1. The molecule has 0 bridgehead atoms. The highest BCUT2D eigenvalue weighted by molar-refractivity contribution is 5.30. The number of aromatic nitrogens is 2. The van der Waals surface area contributed by atoms with Crippen molar-refractivity contribution in [3.63, 3.8) is 0 Å². The molecule has 0 unspecified atom stereocenters. The van der Waals surface area contributed by atoms with Crippen LogP contribution in [0.3, 0.4) is 0 Å². The van der Waals surface area contributed by atoms with E-state index in [-0.39, 0.29) is 0 Å². The zero-order valence-electron chi connectivity index (χ0n) is 13.8. The first-order valence-electron chi connectivity index (χ1n) is 8.07. The number of rotatable bonds is 6. The van der Waals surface area contributed by atoms with Gasteiger partial charge >= 0.3 is 0 Å². The molecule has 0 amide bonds. The molecule has 1 N–H and O–H groups in total. The Hall–Kier alpha value is -1.20. The summed E-state index contributed by atoms with van der Waals surface area (Å²) in [6, 6.07) is 0.627. The van der Waals surface area contributed by atoms with E-state index in [1.807, 2.05) is 12.4 Å². The molecule has 2 rings (SSSR count). The maximum atomic E-state index is 4.53. The standard InChI is InChI=1S/C16H29N5/c1-13(2)9-17-10-15-11-18-16(19-12-15)21-7-5-20(6-8-21)14(3)4/h11-14,17H,5-10H2,1-4H3. The van der Waals surface area contributed by atoms with Crippen molar-refractivity contribution in [3.8, 4) is 0 Å². The topological polar surface area (TPSA) is 44.3 Å². The van der Waals surface area contributed by atoms with Crippen LogP contribution in [0.15, 0.2) is 12.4 Å². The summed E-state index contributed by atoms with van der Waals surface area (Å²) in [7, 11) is 0. The van der Waals surface area contributed by atoms with Crippen LogP contribution in [0.1, 0.15) is 33.3 Å². The maximum absolute atomic E-state index is 4.53. The molecular weight excluding hydrogens is 262 g/mol. The minimum absolute atomic E-state index is 0.627. The molecule has 1 aromatic heterocycles. The lowest BCUT2D eigenvalue weighted by atomic mass is 10.2. The molecule has 1 fully saturated rings. The van der Waals surface area contributed by atoms with Crippen LogP contribution in [0.5, 0.6) is 0 Å². The summed E-state index contributed by atoms with van der Waals surface area (Å²) in [5.74, 6) is 1.54. The van der Waals surface area contributed by atoms with Gasteiger partial charge in [0.15, 0.2) is 0 Å². The van der Waals surface area contributed by atoms with E-state index in [0.29, 0.717) is 12.0 Å². The SMILES string of the molecule is CC(C)CNCc1cnc(N2CCN(C(C)C)CC2)nc1. The van der Waals surface area contributed by atoms with Gasteiger partial charge in [0.05, 0.1) is 0 Å². The van der Waals surface area contributed by atoms with E-state index in [1.165, 1.54) is 0 Å². The zero-order chi connectivity index (χ0) is 15.2. The first-order chi connectivity index (χ1) is 10.1. The van der Waals surface area contributed by atoms with E-state index in [9.17, 15) is 0 Å². The molecule has 0 atom stereocenters. The number of hydrogen-bond donors (Lipinski definition) is 1. The van der Waals surface area contributed by atoms with E-state index in [2.05, 4.69) is 52.8 Å². The van der Waals surface area contributed by atoms with Gasteiger partial charge in [-0.25, -0.2) is 9.97 Å². The lowest BCUT2D eigenvalue weighted by molar-refractivity contribution is 0.208. The fourth-order valence-electron chi connectivity index (χ4n) is 2.55. The Kier molecular flexibility index (Phi) is 5.94. The fraction of sp³-hybridized carbons (Fsp3) is 0.750. The summed E-state index contributed by atoms with van der Waals surface area (Å²) in [6.45, 7) is 15.0. The summed E-state index contributed by atoms with van der Waals surface area (Å²) in [4.78, 5) is 13.8. The third kappa shape index (κ3) is 4.93. The summed E-state index contributed by atoms with van der Waals surface area (Å²) in [5, 5.41) is 3.42. The number of anilines is 1. The molecular formula is C16H29N5. The second kappa shape index (κ2) is 7.71. The van der Waals surface area contributed by atoms with Crippen LogP contribution in [0, 0.1) is 5.92 Å². The number of nitrogens with zero attached hydrogens (tertiary/aromatic N) is 4. The van der Waals surface area contributed by atoms with Gasteiger partial charge in [-0.2, -0.15) is 0 Å².